The maximum Gasteiger partial charge on any atom is 0.289 e. The summed E-state index contributed by atoms with van der Waals surface area (Å²) in [5, 5.41) is 2.13. The minimum absolute atomic E-state index is 0.146. The van der Waals surface area contributed by atoms with Gasteiger partial charge in [0.05, 0.1) is 5.56 Å². The molecular weight excluding hydrogens is 437 g/mol. The lowest BCUT2D eigenvalue weighted by Crippen LogP contribution is -2.41. The number of hydrogen-bond acceptors (Lipinski definition) is 5. The first-order chi connectivity index (χ1) is 13.0. The van der Waals surface area contributed by atoms with E-state index in [-0.39, 0.29) is 18.1 Å². The Hall–Kier alpha value is -2.78. The normalized spacial score (nSPS) is 10.3. The van der Waals surface area contributed by atoms with Gasteiger partial charge in [0.2, 0.25) is 0 Å². The Morgan fingerprint density at radius 1 is 1.07 bits per heavy atom. The zero-order valence-electron chi connectivity index (χ0n) is 13.7. The third-order valence-electron chi connectivity index (χ3n) is 3.37. The van der Waals surface area contributed by atoms with Crippen LogP contribution >= 0.6 is 27.3 Å². The van der Waals surface area contributed by atoms with Crippen LogP contribution in [-0.4, -0.2) is 16.8 Å². The minimum atomic E-state index is -0.542. The summed E-state index contributed by atoms with van der Waals surface area (Å²) < 4.78 is 19.0. The number of ether oxygens (including phenoxy) is 1. The Kier molecular flexibility index (Phi) is 6.15. The van der Waals surface area contributed by atoms with E-state index < -0.39 is 11.8 Å². The summed E-state index contributed by atoms with van der Waals surface area (Å²) >= 11 is 4.52. The number of hydrazine groups is 1. The van der Waals surface area contributed by atoms with Crippen LogP contribution in [0.1, 0.15) is 25.9 Å². The summed E-state index contributed by atoms with van der Waals surface area (Å²) in [6.07, 6.45) is 0. The molecule has 0 bridgehead atoms. The molecule has 0 aliphatic rings. The zero-order valence-corrected chi connectivity index (χ0v) is 16.1. The summed E-state index contributed by atoms with van der Waals surface area (Å²) in [4.78, 5) is 28.3. The van der Waals surface area contributed by atoms with Crippen molar-refractivity contribution in [2.24, 2.45) is 0 Å². The van der Waals surface area contributed by atoms with Crippen molar-refractivity contribution in [2.45, 2.75) is 6.61 Å². The fourth-order valence-corrected chi connectivity index (χ4v) is 3.20. The van der Waals surface area contributed by atoms with Crippen molar-refractivity contribution in [1.29, 1.82) is 0 Å². The van der Waals surface area contributed by atoms with E-state index >= 15 is 0 Å². The molecule has 0 radical (unpaired) electrons. The standard InChI is InChI=1S/C18H13BrFN3O3S/c19-14-4-2-1-3-13(14)17(24)22-23-18(25)15-10-27-16(21-15)9-26-12-7-5-11(20)6-8-12/h1-8,10H,9H2,(H,22,24)(H,23,25). The SMILES string of the molecule is O=C(NNC(=O)c1ccccc1Br)c1csc(COc2ccc(F)cc2)n1. The van der Waals surface area contributed by atoms with Crippen molar-refractivity contribution in [3.8, 4) is 5.75 Å². The van der Waals surface area contributed by atoms with Gasteiger partial charge in [-0.2, -0.15) is 0 Å². The van der Waals surface area contributed by atoms with E-state index in [2.05, 4.69) is 31.8 Å². The topological polar surface area (TPSA) is 80.3 Å². The number of nitrogens with one attached hydrogen (secondary N) is 2. The van der Waals surface area contributed by atoms with Crippen molar-refractivity contribution >= 4 is 39.1 Å². The van der Waals surface area contributed by atoms with Crippen LogP contribution in [-0.2, 0) is 6.61 Å². The molecule has 0 aliphatic carbocycles. The molecule has 3 rings (SSSR count). The number of carbonyl (C=O) groups excluding carboxylic acids is 2. The fourth-order valence-electron chi connectivity index (χ4n) is 2.05. The molecule has 9 heteroatoms. The summed E-state index contributed by atoms with van der Waals surface area (Å²) in [7, 11) is 0. The van der Waals surface area contributed by atoms with Gasteiger partial charge in [0, 0.05) is 9.85 Å². The van der Waals surface area contributed by atoms with Crippen molar-refractivity contribution in [3.05, 3.63) is 80.5 Å². The van der Waals surface area contributed by atoms with Crippen molar-refractivity contribution in [1.82, 2.24) is 15.8 Å². The Bertz CT molecular complexity index is 962. The molecular formula is C18H13BrFN3O3S. The molecule has 3 aromatic rings. The summed E-state index contributed by atoms with van der Waals surface area (Å²) in [6.45, 7) is 0.146. The number of halogens is 2. The largest absolute Gasteiger partial charge is 0.486 e. The van der Waals surface area contributed by atoms with E-state index in [1.807, 2.05) is 0 Å². The number of aromatic nitrogens is 1. The second-order valence-corrected chi connectivity index (χ2v) is 7.05. The lowest BCUT2D eigenvalue weighted by atomic mass is 10.2. The number of nitrogens with zero attached hydrogens (tertiary/aromatic N) is 1. The number of benzene rings is 2. The van der Waals surface area contributed by atoms with E-state index in [0.29, 0.717) is 20.8 Å². The number of rotatable bonds is 5. The van der Waals surface area contributed by atoms with Gasteiger partial charge in [0.1, 0.15) is 28.9 Å². The Morgan fingerprint density at radius 2 is 1.78 bits per heavy atom. The van der Waals surface area contributed by atoms with Gasteiger partial charge in [0.15, 0.2) is 0 Å². The van der Waals surface area contributed by atoms with Gasteiger partial charge in [-0.15, -0.1) is 11.3 Å². The number of carbonyl (C=O) groups is 2. The molecule has 2 aromatic carbocycles. The molecule has 1 aromatic heterocycles. The van der Waals surface area contributed by atoms with Crippen molar-refractivity contribution in [3.63, 3.8) is 0 Å². The van der Waals surface area contributed by atoms with Crippen LogP contribution in [0, 0.1) is 5.82 Å². The highest BCUT2D eigenvalue weighted by Crippen LogP contribution is 2.17. The summed E-state index contributed by atoms with van der Waals surface area (Å²) in [5.74, 6) is -0.843. The van der Waals surface area contributed by atoms with Crippen LogP contribution in [0.3, 0.4) is 0 Å². The van der Waals surface area contributed by atoms with E-state index in [0.717, 1.165) is 0 Å². The monoisotopic (exact) mass is 449 g/mol. The molecule has 0 spiro atoms. The smallest absolute Gasteiger partial charge is 0.289 e. The van der Waals surface area contributed by atoms with Gasteiger partial charge in [-0.05, 0) is 52.3 Å². The van der Waals surface area contributed by atoms with Gasteiger partial charge in [0.25, 0.3) is 11.8 Å². The average molecular weight is 450 g/mol. The van der Waals surface area contributed by atoms with Crippen LogP contribution in [0.5, 0.6) is 5.75 Å². The molecule has 6 nitrogen and oxygen atoms in total. The van der Waals surface area contributed by atoms with Crippen LogP contribution in [0.2, 0.25) is 0 Å². The van der Waals surface area contributed by atoms with Gasteiger partial charge >= 0.3 is 0 Å². The molecule has 2 N–H and O–H groups in total. The quantitative estimate of drug-likeness (QED) is 0.581. The predicted molar refractivity (Wildman–Crippen MR) is 102 cm³/mol. The maximum atomic E-state index is 12.9. The Balaban J connectivity index is 1.53. The van der Waals surface area contributed by atoms with Gasteiger partial charge in [-0.25, -0.2) is 9.37 Å². The molecule has 138 valence electrons. The Morgan fingerprint density at radius 3 is 2.52 bits per heavy atom. The van der Waals surface area contributed by atoms with E-state index in [1.165, 1.54) is 35.6 Å². The highest BCUT2D eigenvalue weighted by molar-refractivity contribution is 9.10. The lowest BCUT2D eigenvalue weighted by Gasteiger charge is -2.07. The Labute approximate surface area is 166 Å². The third-order valence-corrected chi connectivity index (χ3v) is 4.88. The van der Waals surface area contributed by atoms with Crippen molar-refractivity contribution < 1.29 is 18.7 Å². The number of thiazole rings is 1. The van der Waals surface area contributed by atoms with Crippen LogP contribution < -0.4 is 15.6 Å². The van der Waals surface area contributed by atoms with E-state index in [4.69, 9.17) is 4.74 Å². The highest BCUT2D eigenvalue weighted by atomic mass is 79.9. The second-order valence-electron chi connectivity index (χ2n) is 5.26. The van der Waals surface area contributed by atoms with E-state index in [1.54, 1.807) is 29.6 Å². The van der Waals surface area contributed by atoms with Gasteiger partial charge in [-0.3, -0.25) is 20.4 Å². The van der Waals surface area contributed by atoms with Crippen LogP contribution in [0.4, 0.5) is 4.39 Å². The number of amides is 2. The molecule has 0 atom stereocenters. The molecule has 0 fully saturated rings. The predicted octanol–water partition coefficient (Wildman–Crippen LogP) is 3.70. The summed E-state index contributed by atoms with van der Waals surface area (Å²) in [5.41, 5.74) is 5.21. The minimum Gasteiger partial charge on any atom is -0.486 e. The van der Waals surface area contributed by atoms with Gasteiger partial charge in [-0.1, -0.05) is 12.1 Å². The number of hydrogen-bond donors (Lipinski definition) is 2. The van der Waals surface area contributed by atoms with E-state index in [9.17, 15) is 14.0 Å². The first kappa shape index (κ1) is 19.0. The van der Waals surface area contributed by atoms with Gasteiger partial charge < -0.3 is 4.74 Å². The molecule has 2 amide bonds. The maximum absolute atomic E-state index is 12.9. The van der Waals surface area contributed by atoms with Crippen LogP contribution in [0.25, 0.3) is 0 Å². The molecule has 27 heavy (non-hydrogen) atoms. The molecule has 0 saturated heterocycles. The first-order valence-electron chi connectivity index (χ1n) is 7.71. The molecule has 1 heterocycles. The molecule has 0 unspecified atom stereocenters. The zero-order chi connectivity index (χ0) is 19.2. The fraction of sp³-hybridized carbons (Fsp3) is 0.0556. The third kappa shape index (κ3) is 5.11. The highest BCUT2D eigenvalue weighted by Gasteiger charge is 2.14. The first-order valence-corrected chi connectivity index (χ1v) is 9.38. The molecule has 0 saturated carbocycles. The molecule has 0 aliphatic heterocycles. The lowest BCUT2D eigenvalue weighted by molar-refractivity contribution is 0.0843. The van der Waals surface area contributed by atoms with Crippen LogP contribution in [0.15, 0.2) is 58.4 Å². The summed E-state index contributed by atoms with van der Waals surface area (Å²) in [6, 6.07) is 12.5. The van der Waals surface area contributed by atoms with Crippen molar-refractivity contribution in [2.75, 3.05) is 0 Å². The average Bonchev–Trinajstić information content (AvgIpc) is 3.15. The second kappa shape index (κ2) is 8.74.